The van der Waals surface area contributed by atoms with Crippen LogP contribution in [0.4, 0.5) is 0 Å². The molecule has 0 unspecified atom stereocenters. The molecule has 0 atom stereocenters. The minimum Gasteiger partial charge on any atom is -0.0654 e. The van der Waals surface area contributed by atoms with Gasteiger partial charge < -0.3 is 0 Å². The van der Waals surface area contributed by atoms with Crippen LogP contribution in [0.2, 0.25) is 0 Å². The van der Waals surface area contributed by atoms with Crippen molar-refractivity contribution >= 4 is 7.26 Å². The third-order valence-electron chi connectivity index (χ3n) is 11.9. The lowest BCUT2D eigenvalue weighted by atomic mass is 10.0. The number of hydrogen-bond donors (Lipinski definition) is 0. The van der Waals surface area contributed by atoms with Crippen molar-refractivity contribution in [2.45, 2.75) is 296 Å². The van der Waals surface area contributed by atoms with Crippen LogP contribution < -0.4 is 0 Å². The Bertz CT molecular complexity index is 590. The molecule has 0 N–H and O–H groups in total. The summed E-state index contributed by atoms with van der Waals surface area (Å²) in [5.41, 5.74) is 0. The molecule has 0 aromatic carbocycles. The van der Waals surface area contributed by atoms with Gasteiger partial charge >= 0.3 is 0 Å². The first-order valence-corrected chi connectivity index (χ1v) is 28.2. The van der Waals surface area contributed by atoms with Crippen molar-refractivity contribution in [2.75, 3.05) is 26.2 Å². The van der Waals surface area contributed by atoms with E-state index < -0.39 is 7.26 Å². The third-order valence-corrected chi connectivity index (χ3v) is 13.6. The van der Waals surface area contributed by atoms with E-state index in [0.717, 1.165) is 0 Å². The molecule has 0 nitrogen and oxygen atoms in total. The molecule has 0 bridgehead atoms. The number of rotatable bonds is 46. The van der Waals surface area contributed by atoms with Crippen LogP contribution in [-0.2, 0) is 0 Å². The van der Waals surface area contributed by atoms with Crippen molar-refractivity contribution in [3.8, 4) is 0 Å². The van der Waals surface area contributed by atoms with E-state index in [4.69, 9.17) is 0 Å². The minimum absolute atomic E-state index is 0.524. The number of hydrogen-bond acceptors (Lipinski definition) is 0. The van der Waals surface area contributed by atoms with Crippen molar-refractivity contribution in [3.63, 3.8) is 0 Å². The second-order valence-electron chi connectivity index (χ2n) is 18.6. The molecule has 0 radical (unpaired) electrons. The van der Waals surface area contributed by atoms with Gasteiger partial charge in [-0.15, -0.1) is 0 Å². The fraction of sp³-hybridized carbons (Fsp3) is 1.00. The molecule has 0 heterocycles. The van der Waals surface area contributed by atoms with Gasteiger partial charge in [0, 0.05) is 27.3 Å². The Labute approximate surface area is 328 Å². The van der Waals surface area contributed by atoms with E-state index in [1.54, 1.807) is 0 Å². The summed E-state index contributed by atoms with van der Waals surface area (Å²) in [6.45, 7) is 9.77. The van der Waals surface area contributed by atoms with Crippen molar-refractivity contribution in [3.05, 3.63) is 0 Å². The Kier molecular flexibility index (Phi) is 45.2. The maximum atomic E-state index is 2.49. The normalized spacial score (nSPS) is 12.0. The van der Waals surface area contributed by atoms with Gasteiger partial charge in [0.25, 0.3) is 0 Å². The topological polar surface area (TPSA) is 0 Å². The van der Waals surface area contributed by atoms with Gasteiger partial charge in [-0.3, -0.25) is 0 Å². The average Bonchev–Trinajstić information content (AvgIpc) is 3.11. The Morgan fingerprint density at radius 3 is 0.412 bits per heavy atom. The lowest BCUT2D eigenvalue weighted by Gasteiger charge is -2.10. The van der Waals surface area contributed by atoms with Gasteiger partial charge in [-0.1, -0.05) is 283 Å². The molecule has 0 aromatic heterocycles. The predicted molar refractivity (Wildman–Crippen MR) is 243 cm³/mol. The number of unbranched alkanes of at least 4 members (excludes halogenated alkanes) is 44. The molecule has 0 fully saturated rings. The lowest BCUT2D eigenvalue weighted by Crippen LogP contribution is -1.93. The summed E-state index contributed by atoms with van der Waals surface area (Å²) in [6.07, 6.45) is 68.6. The van der Waals surface area contributed by atoms with E-state index >= 15 is 0 Å². The van der Waals surface area contributed by atoms with Crippen LogP contribution in [0.3, 0.4) is 0 Å². The largest absolute Gasteiger partial charge is 0.0654 e. The van der Waals surface area contributed by atoms with Crippen molar-refractivity contribution in [2.24, 2.45) is 0 Å². The van der Waals surface area contributed by atoms with Crippen LogP contribution in [-0.4, -0.2) is 26.2 Å². The van der Waals surface area contributed by atoms with E-state index in [-0.39, 0.29) is 0 Å². The van der Waals surface area contributed by atoms with Crippen LogP contribution in [0.25, 0.3) is 0 Å². The first-order valence-electron chi connectivity index (χ1n) is 24.9. The Morgan fingerprint density at radius 2 is 0.294 bits per heavy atom. The van der Waals surface area contributed by atoms with E-state index in [1.807, 2.05) is 0 Å². The molecule has 0 saturated carbocycles. The van der Waals surface area contributed by atoms with Gasteiger partial charge in [-0.2, -0.15) is 0 Å². The second kappa shape index (κ2) is 44.8. The highest BCUT2D eigenvalue weighted by molar-refractivity contribution is 7.73. The van der Waals surface area contributed by atoms with Crippen molar-refractivity contribution in [1.29, 1.82) is 0 Å². The van der Waals surface area contributed by atoms with Crippen LogP contribution >= 0.6 is 7.26 Å². The highest BCUT2D eigenvalue weighted by Gasteiger charge is 2.15. The fourth-order valence-corrected chi connectivity index (χ4v) is 9.43. The molecule has 0 saturated heterocycles. The predicted octanol–water partition coefficient (Wildman–Crippen LogP) is 19.5. The summed E-state index contributed by atoms with van der Waals surface area (Å²) in [5, 5.41) is 0. The average molecular weight is 736 g/mol. The van der Waals surface area contributed by atoms with Crippen molar-refractivity contribution in [1.82, 2.24) is 0 Å². The van der Waals surface area contributed by atoms with E-state index in [2.05, 4.69) is 26.9 Å². The van der Waals surface area contributed by atoms with Gasteiger partial charge in [0.05, 0.1) is 6.16 Å². The first kappa shape index (κ1) is 51.4. The highest BCUT2D eigenvalue weighted by Crippen LogP contribution is 2.47. The molecule has 0 aliphatic carbocycles. The maximum absolute atomic E-state index is 2.49. The summed E-state index contributed by atoms with van der Waals surface area (Å²) in [4.78, 5) is 0. The second-order valence-corrected chi connectivity index (χ2v) is 23.6. The minimum atomic E-state index is -0.524. The standard InChI is InChI=1S/C50H104P/c1-5-6-7-8-9-10-11-12-13-14-15-16-17-18-19-20-21-22-23-24-25-26-27-28-29-30-31-32-33-34-35-36-37-38-39-40-41-42-43-44-45-46-47-48-49-50-51(2,3)4/h5-50H2,1-4H3/q+1. The van der Waals surface area contributed by atoms with Crippen molar-refractivity contribution < 1.29 is 0 Å². The van der Waals surface area contributed by atoms with E-state index in [1.165, 1.54) is 295 Å². The summed E-state index contributed by atoms with van der Waals surface area (Å²) in [6, 6.07) is 0. The van der Waals surface area contributed by atoms with Crippen LogP contribution in [0.15, 0.2) is 0 Å². The quantitative estimate of drug-likeness (QED) is 0.0431. The Balaban J connectivity index is 3.06. The molecule has 51 heavy (non-hydrogen) atoms. The van der Waals surface area contributed by atoms with Crippen LogP contribution in [0.1, 0.15) is 296 Å². The Morgan fingerprint density at radius 1 is 0.176 bits per heavy atom. The molecule has 0 aromatic rings. The molecule has 0 aliphatic heterocycles. The summed E-state index contributed by atoms with van der Waals surface area (Å²) in [5.74, 6) is 0. The summed E-state index contributed by atoms with van der Waals surface area (Å²) in [7, 11) is -0.524. The van der Waals surface area contributed by atoms with Gasteiger partial charge in [-0.05, 0) is 12.8 Å². The summed E-state index contributed by atoms with van der Waals surface area (Å²) >= 11 is 0. The molecule has 0 amide bonds. The smallest absolute Gasteiger partial charge is 0.0586 e. The summed E-state index contributed by atoms with van der Waals surface area (Å²) < 4.78 is 0. The first-order chi connectivity index (χ1) is 25.1. The molecule has 1 heteroatoms. The van der Waals surface area contributed by atoms with Crippen LogP contribution in [0, 0.1) is 0 Å². The molecule has 308 valence electrons. The zero-order valence-corrected chi connectivity index (χ0v) is 37.9. The zero-order valence-electron chi connectivity index (χ0n) is 37.0. The lowest BCUT2D eigenvalue weighted by molar-refractivity contribution is 0.508. The molecule has 0 aliphatic rings. The molecular formula is C50H104P+. The highest BCUT2D eigenvalue weighted by atomic mass is 31.2. The van der Waals surface area contributed by atoms with Gasteiger partial charge in [0.15, 0.2) is 0 Å². The maximum Gasteiger partial charge on any atom is 0.0586 e. The van der Waals surface area contributed by atoms with Gasteiger partial charge in [0.1, 0.15) is 0 Å². The zero-order chi connectivity index (χ0) is 37.0. The fourth-order valence-electron chi connectivity index (χ4n) is 8.26. The third kappa shape index (κ3) is 50.4. The monoisotopic (exact) mass is 736 g/mol. The van der Waals surface area contributed by atoms with Gasteiger partial charge in [0.2, 0.25) is 0 Å². The molecule has 0 spiro atoms. The SMILES string of the molecule is CCCCCCCCCCCCCCCCCCCCCCCCCCCCCCCCCCCCCCCCCCCCCCC[P+](C)(C)C. The van der Waals surface area contributed by atoms with E-state index in [0.29, 0.717) is 0 Å². The molecular weight excluding hydrogens is 632 g/mol. The van der Waals surface area contributed by atoms with E-state index in [9.17, 15) is 0 Å². The van der Waals surface area contributed by atoms with Gasteiger partial charge in [-0.25, -0.2) is 0 Å². The Hall–Kier alpha value is 0.430. The van der Waals surface area contributed by atoms with Crippen LogP contribution in [0.5, 0.6) is 0 Å². The molecule has 0 rings (SSSR count).